The van der Waals surface area contributed by atoms with Crippen LogP contribution in [0.1, 0.15) is 13.8 Å². The molecule has 0 aromatic heterocycles. The van der Waals surface area contributed by atoms with Crippen LogP contribution >= 0.6 is 0 Å². The fourth-order valence-electron chi connectivity index (χ4n) is 0.769. The molecule has 0 aromatic rings. The minimum atomic E-state index is -0.898. The molecule has 5 nitrogen and oxygen atoms in total. The van der Waals surface area contributed by atoms with Crippen molar-refractivity contribution in [3.63, 3.8) is 0 Å². The molecule has 0 heterocycles. The van der Waals surface area contributed by atoms with Crippen molar-refractivity contribution in [1.29, 1.82) is 0 Å². The van der Waals surface area contributed by atoms with E-state index >= 15 is 0 Å². The third kappa shape index (κ3) is 2.87. The Morgan fingerprint density at radius 1 is 1.42 bits per heavy atom. The monoisotopic (exact) mass is 173 g/mol. The molecular formula is C7H15N3O2. The Hall–Kier alpha value is -1.10. The summed E-state index contributed by atoms with van der Waals surface area (Å²) in [6.45, 7) is 3.11. The van der Waals surface area contributed by atoms with Gasteiger partial charge in [0.2, 0.25) is 11.8 Å². The van der Waals surface area contributed by atoms with Crippen LogP contribution in [0.4, 0.5) is 0 Å². The number of carbonyl (C=O) groups excluding carboxylic acids is 2. The van der Waals surface area contributed by atoms with Gasteiger partial charge in [0.1, 0.15) is 5.54 Å². The number of nitrogens with two attached hydrogens (primary N) is 1. The first-order valence-corrected chi connectivity index (χ1v) is 3.67. The van der Waals surface area contributed by atoms with Gasteiger partial charge in [-0.1, -0.05) is 0 Å². The Morgan fingerprint density at radius 3 is 2.25 bits per heavy atom. The SMILES string of the molecule is CNC(=O)C(C)(C)NC(=O)CN. The number of nitrogens with one attached hydrogen (secondary N) is 2. The van der Waals surface area contributed by atoms with Gasteiger partial charge in [0.15, 0.2) is 0 Å². The molecule has 0 saturated carbocycles. The van der Waals surface area contributed by atoms with Crippen molar-refractivity contribution >= 4 is 11.8 Å². The lowest BCUT2D eigenvalue weighted by Crippen LogP contribution is -2.55. The highest BCUT2D eigenvalue weighted by Crippen LogP contribution is 2.00. The smallest absolute Gasteiger partial charge is 0.244 e. The van der Waals surface area contributed by atoms with E-state index in [1.165, 1.54) is 7.05 Å². The van der Waals surface area contributed by atoms with Crippen LogP contribution in [-0.2, 0) is 9.59 Å². The standard InChI is InChI=1S/C7H15N3O2/c1-7(2,6(12)9-3)10-5(11)4-8/h4,8H2,1-3H3,(H,9,12)(H,10,11). The van der Waals surface area contributed by atoms with Gasteiger partial charge in [0.05, 0.1) is 6.54 Å². The maximum atomic E-state index is 11.1. The Kier molecular flexibility index (Phi) is 3.69. The Balaban J connectivity index is 4.21. The minimum Gasteiger partial charge on any atom is -0.357 e. The Bertz CT molecular complexity index is 189. The highest BCUT2D eigenvalue weighted by molar-refractivity contribution is 5.90. The summed E-state index contributed by atoms with van der Waals surface area (Å²) in [5, 5.41) is 4.92. The summed E-state index contributed by atoms with van der Waals surface area (Å²) in [5.74, 6) is -0.590. The van der Waals surface area contributed by atoms with Crippen molar-refractivity contribution in [3.05, 3.63) is 0 Å². The second-order valence-electron chi connectivity index (χ2n) is 2.96. The van der Waals surface area contributed by atoms with Gasteiger partial charge in [-0.2, -0.15) is 0 Å². The predicted molar refractivity (Wildman–Crippen MR) is 45.3 cm³/mol. The van der Waals surface area contributed by atoms with Crippen molar-refractivity contribution in [2.24, 2.45) is 5.73 Å². The lowest BCUT2D eigenvalue weighted by atomic mass is 10.0. The summed E-state index contributed by atoms with van der Waals surface area (Å²) in [6, 6.07) is 0. The zero-order valence-corrected chi connectivity index (χ0v) is 7.60. The van der Waals surface area contributed by atoms with Crippen molar-refractivity contribution in [2.75, 3.05) is 13.6 Å². The van der Waals surface area contributed by atoms with E-state index in [0.717, 1.165) is 0 Å². The minimum absolute atomic E-state index is 0.111. The van der Waals surface area contributed by atoms with Gasteiger partial charge in [-0.15, -0.1) is 0 Å². The largest absolute Gasteiger partial charge is 0.357 e. The molecule has 2 amide bonds. The molecule has 4 N–H and O–H groups in total. The molecule has 0 atom stereocenters. The number of rotatable bonds is 3. The quantitative estimate of drug-likeness (QED) is 0.490. The third-order valence-corrected chi connectivity index (χ3v) is 1.43. The topological polar surface area (TPSA) is 84.2 Å². The molecule has 0 aliphatic carbocycles. The Morgan fingerprint density at radius 2 is 1.92 bits per heavy atom. The summed E-state index contributed by atoms with van der Waals surface area (Å²) >= 11 is 0. The summed E-state index contributed by atoms with van der Waals surface area (Å²) in [7, 11) is 1.51. The second-order valence-corrected chi connectivity index (χ2v) is 2.96. The van der Waals surface area contributed by atoms with Gasteiger partial charge in [-0.05, 0) is 13.8 Å². The Labute approximate surface area is 71.7 Å². The predicted octanol–water partition coefficient (Wildman–Crippen LogP) is -1.41. The molecule has 70 valence electrons. The van der Waals surface area contributed by atoms with Crippen LogP contribution in [0, 0.1) is 0 Å². The van der Waals surface area contributed by atoms with E-state index in [1.807, 2.05) is 0 Å². The maximum absolute atomic E-state index is 11.1. The van der Waals surface area contributed by atoms with Crippen molar-refractivity contribution in [3.8, 4) is 0 Å². The highest BCUT2D eigenvalue weighted by Gasteiger charge is 2.27. The summed E-state index contributed by atoms with van der Waals surface area (Å²) < 4.78 is 0. The van der Waals surface area contributed by atoms with Crippen molar-refractivity contribution in [2.45, 2.75) is 19.4 Å². The molecule has 0 unspecified atom stereocenters. The molecule has 0 fully saturated rings. The van der Waals surface area contributed by atoms with E-state index in [4.69, 9.17) is 5.73 Å². The molecular weight excluding hydrogens is 158 g/mol. The molecule has 0 rings (SSSR count). The molecule has 0 spiro atoms. The second kappa shape index (κ2) is 4.06. The van der Waals surface area contributed by atoms with Crippen molar-refractivity contribution in [1.82, 2.24) is 10.6 Å². The van der Waals surface area contributed by atoms with Crippen LogP contribution in [0.2, 0.25) is 0 Å². The van der Waals surface area contributed by atoms with Crippen LogP contribution in [0.3, 0.4) is 0 Å². The van der Waals surface area contributed by atoms with E-state index in [9.17, 15) is 9.59 Å². The van der Waals surface area contributed by atoms with Crippen LogP contribution in [0.15, 0.2) is 0 Å². The van der Waals surface area contributed by atoms with Crippen LogP contribution < -0.4 is 16.4 Å². The van der Waals surface area contributed by atoms with E-state index in [0.29, 0.717) is 0 Å². The van der Waals surface area contributed by atoms with Gasteiger partial charge in [-0.3, -0.25) is 9.59 Å². The van der Waals surface area contributed by atoms with Crippen LogP contribution in [0.25, 0.3) is 0 Å². The summed E-state index contributed by atoms with van der Waals surface area (Å²) in [5.41, 5.74) is 4.18. The maximum Gasteiger partial charge on any atom is 0.244 e. The van der Waals surface area contributed by atoms with Gasteiger partial charge < -0.3 is 16.4 Å². The van der Waals surface area contributed by atoms with Gasteiger partial charge >= 0.3 is 0 Å². The number of amides is 2. The molecule has 0 saturated heterocycles. The first-order valence-electron chi connectivity index (χ1n) is 3.67. The number of hydrogen-bond acceptors (Lipinski definition) is 3. The first kappa shape index (κ1) is 10.9. The van der Waals surface area contributed by atoms with Gasteiger partial charge in [-0.25, -0.2) is 0 Å². The van der Waals surface area contributed by atoms with Crippen LogP contribution in [-0.4, -0.2) is 30.9 Å². The summed E-state index contributed by atoms with van der Waals surface area (Å²) in [6.07, 6.45) is 0. The van der Waals surface area contributed by atoms with E-state index in [-0.39, 0.29) is 18.4 Å². The fourth-order valence-corrected chi connectivity index (χ4v) is 0.769. The number of hydrogen-bond donors (Lipinski definition) is 3. The van der Waals surface area contributed by atoms with Gasteiger partial charge in [0.25, 0.3) is 0 Å². The van der Waals surface area contributed by atoms with Crippen molar-refractivity contribution < 1.29 is 9.59 Å². The molecule has 12 heavy (non-hydrogen) atoms. The fraction of sp³-hybridized carbons (Fsp3) is 0.714. The molecule has 0 aliphatic heterocycles. The average Bonchev–Trinajstić information content (AvgIpc) is 2.02. The average molecular weight is 173 g/mol. The third-order valence-electron chi connectivity index (χ3n) is 1.43. The molecule has 0 bridgehead atoms. The van der Waals surface area contributed by atoms with Crippen LogP contribution in [0.5, 0.6) is 0 Å². The summed E-state index contributed by atoms with van der Waals surface area (Å²) in [4.78, 5) is 22.0. The number of likely N-dealkylation sites (N-methyl/N-ethyl adjacent to an activating group) is 1. The molecule has 0 aromatic carbocycles. The lowest BCUT2D eigenvalue weighted by molar-refractivity contribution is -0.131. The van der Waals surface area contributed by atoms with E-state index in [2.05, 4.69) is 10.6 Å². The highest BCUT2D eigenvalue weighted by atomic mass is 16.2. The van der Waals surface area contributed by atoms with Gasteiger partial charge in [0, 0.05) is 7.05 Å². The molecule has 5 heteroatoms. The van der Waals surface area contributed by atoms with E-state index in [1.54, 1.807) is 13.8 Å². The number of carbonyl (C=O) groups is 2. The first-order chi connectivity index (χ1) is 5.44. The lowest BCUT2D eigenvalue weighted by Gasteiger charge is -2.23. The zero-order valence-electron chi connectivity index (χ0n) is 7.60. The zero-order chi connectivity index (χ0) is 9.78. The normalized spacial score (nSPS) is 10.7. The van der Waals surface area contributed by atoms with E-state index < -0.39 is 5.54 Å². The molecule has 0 aliphatic rings. The molecule has 0 radical (unpaired) electrons.